The first kappa shape index (κ1) is 18.9. The fourth-order valence-corrected chi connectivity index (χ4v) is 5.80. The summed E-state index contributed by atoms with van der Waals surface area (Å²) in [7, 11) is 0. The molecule has 3 nitrogen and oxygen atoms in total. The third kappa shape index (κ3) is 4.51. The summed E-state index contributed by atoms with van der Waals surface area (Å²) < 4.78 is 59.2. The Morgan fingerprint density at radius 2 is 1.07 bits per heavy atom. The molecule has 0 aliphatic rings. The van der Waals surface area contributed by atoms with E-state index in [1.54, 1.807) is 24.3 Å². The predicted molar refractivity (Wildman–Crippen MR) is 179 cm³/mol. The van der Waals surface area contributed by atoms with Gasteiger partial charge in [0.15, 0.2) is 11.6 Å². The summed E-state index contributed by atoms with van der Waals surface area (Å²) in [6.45, 7) is 0. The molecular weight excluding hydrogens is 546 g/mol. The molecule has 0 bridgehead atoms. The van der Waals surface area contributed by atoms with Crippen LogP contribution < -0.4 is 0 Å². The topological polar surface area (TPSA) is 38.7 Å². The van der Waals surface area contributed by atoms with Crippen molar-refractivity contribution in [3.05, 3.63) is 151 Å². The molecule has 0 fully saturated rings. The zero-order valence-corrected chi connectivity index (χ0v) is 23.3. The average molecular weight is 577 g/mol. The minimum Gasteiger partial charge on any atom is -0.208 e. The lowest BCUT2D eigenvalue weighted by Crippen LogP contribution is -1.98. The lowest BCUT2D eigenvalue weighted by atomic mass is 9.92. The molecule has 8 aromatic rings. The first-order chi connectivity index (χ1) is 24.1. The van der Waals surface area contributed by atoms with Crippen molar-refractivity contribution >= 4 is 43.9 Å². The number of nitrogens with zero attached hydrogens (tertiary/aromatic N) is 3. The van der Waals surface area contributed by atoms with Crippen molar-refractivity contribution in [2.75, 3.05) is 0 Å². The highest BCUT2D eigenvalue weighted by atomic mass is 35.5. The predicted octanol–water partition coefficient (Wildman–Crippen LogP) is 10.7. The Kier molecular flexibility index (Phi) is 4.61. The van der Waals surface area contributed by atoms with Gasteiger partial charge in [-0.2, -0.15) is 9.97 Å². The molecule has 0 spiro atoms. The zero-order chi connectivity index (χ0) is 34.8. The minimum absolute atomic E-state index is 0.00581. The van der Waals surface area contributed by atoms with E-state index >= 15 is 0 Å². The molecule has 0 N–H and O–H groups in total. The molecule has 0 saturated heterocycles. The Morgan fingerprint density at radius 3 is 1.98 bits per heavy atom. The molecule has 0 saturated carbocycles. The lowest BCUT2D eigenvalue weighted by Gasteiger charge is -2.13. The maximum absolute atomic E-state index is 8.78. The van der Waals surface area contributed by atoms with E-state index < -0.39 is 30.2 Å². The average Bonchev–Trinajstić information content (AvgIpc) is 3.14. The molecular formula is C39H24ClN3. The summed E-state index contributed by atoms with van der Waals surface area (Å²) in [5.74, 6) is 0.615. The first-order valence-corrected chi connectivity index (χ1v) is 14.0. The molecule has 0 unspecified atom stereocenters. The molecule has 4 heteroatoms. The summed E-state index contributed by atoms with van der Waals surface area (Å²) in [6.07, 6.45) is 0. The third-order valence-electron chi connectivity index (χ3n) is 7.57. The molecule has 202 valence electrons. The zero-order valence-electron chi connectivity index (χ0n) is 29.5. The van der Waals surface area contributed by atoms with Crippen molar-refractivity contribution in [3.63, 3.8) is 0 Å². The van der Waals surface area contributed by atoms with Crippen LogP contribution in [0.25, 0.3) is 77.3 Å². The molecule has 0 atom stereocenters. The molecule has 0 amide bonds. The molecule has 43 heavy (non-hydrogen) atoms. The van der Waals surface area contributed by atoms with E-state index in [9.17, 15) is 0 Å². The van der Waals surface area contributed by atoms with Gasteiger partial charge in [0.2, 0.25) is 5.28 Å². The number of hydrogen-bond acceptors (Lipinski definition) is 3. The van der Waals surface area contributed by atoms with Crippen LogP contribution in [0.5, 0.6) is 0 Å². The fourth-order valence-electron chi connectivity index (χ4n) is 5.64. The van der Waals surface area contributed by atoms with Crippen LogP contribution in [-0.2, 0) is 0 Å². The highest BCUT2D eigenvalue weighted by Crippen LogP contribution is 2.37. The quantitative estimate of drug-likeness (QED) is 0.209. The van der Waals surface area contributed by atoms with Gasteiger partial charge in [-0.15, -0.1) is 0 Å². The fraction of sp³-hybridized carbons (Fsp3) is 0. The van der Waals surface area contributed by atoms with E-state index in [0.29, 0.717) is 17.0 Å². The van der Waals surface area contributed by atoms with E-state index in [1.165, 1.54) is 0 Å². The van der Waals surface area contributed by atoms with Crippen molar-refractivity contribution in [2.45, 2.75) is 0 Å². The number of fused-ring (bicyclic) bond motifs is 3. The number of rotatable bonds is 4. The Labute approximate surface area is 264 Å². The second-order valence-electron chi connectivity index (χ2n) is 10.1. The largest absolute Gasteiger partial charge is 0.226 e. The smallest absolute Gasteiger partial charge is 0.208 e. The van der Waals surface area contributed by atoms with Crippen LogP contribution in [0.15, 0.2) is 145 Å². The second-order valence-corrected chi connectivity index (χ2v) is 10.4. The number of halogens is 1. The van der Waals surface area contributed by atoms with Gasteiger partial charge in [0.25, 0.3) is 0 Å². The van der Waals surface area contributed by atoms with Crippen molar-refractivity contribution < 1.29 is 9.60 Å². The number of hydrogen-bond donors (Lipinski definition) is 0. The van der Waals surface area contributed by atoms with E-state index in [4.69, 9.17) is 26.2 Å². The number of aromatic nitrogens is 3. The summed E-state index contributed by atoms with van der Waals surface area (Å²) in [5, 5.41) is 4.11. The maximum Gasteiger partial charge on any atom is 0.226 e. The van der Waals surface area contributed by atoms with Gasteiger partial charge in [0, 0.05) is 11.1 Å². The van der Waals surface area contributed by atoms with Crippen LogP contribution in [0.2, 0.25) is 5.28 Å². The standard InChI is InChI=1S/C39H24ClN3/c40-39-42-37(28-15-5-14-27(24-28)31-18-6-12-25-10-1-3-16-29(25)31)41-38(43-39)36-23-9-21-34-33(20-8-22-35(34)36)32-19-7-13-26-11-2-4-17-30(26)32/h1-24H/i1D,3D,6D,10D,12D,16D,18D. The molecule has 7 aromatic carbocycles. The van der Waals surface area contributed by atoms with E-state index in [-0.39, 0.29) is 39.5 Å². The van der Waals surface area contributed by atoms with Gasteiger partial charge in [-0.25, -0.2) is 4.98 Å². The van der Waals surface area contributed by atoms with Crippen LogP contribution in [0.4, 0.5) is 0 Å². The highest BCUT2D eigenvalue weighted by Gasteiger charge is 2.15. The van der Waals surface area contributed by atoms with Gasteiger partial charge in [0.05, 0.1) is 9.60 Å². The Balaban J connectivity index is 1.29. The van der Waals surface area contributed by atoms with Gasteiger partial charge in [0.1, 0.15) is 0 Å². The summed E-state index contributed by atoms with van der Waals surface area (Å²) in [5.41, 5.74) is 3.96. The molecule has 0 aliphatic carbocycles. The van der Waals surface area contributed by atoms with Crippen LogP contribution in [0, 0.1) is 0 Å². The highest BCUT2D eigenvalue weighted by molar-refractivity contribution is 6.28. The van der Waals surface area contributed by atoms with E-state index in [2.05, 4.69) is 52.4 Å². The van der Waals surface area contributed by atoms with E-state index in [1.807, 2.05) is 36.4 Å². The Morgan fingerprint density at radius 1 is 0.442 bits per heavy atom. The summed E-state index contributed by atoms with van der Waals surface area (Å²) >= 11 is 6.54. The second kappa shape index (κ2) is 10.5. The molecule has 0 radical (unpaired) electrons. The van der Waals surface area contributed by atoms with Crippen molar-refractivity contribution in [2.24, 2.45) is 0 Å². The SMILES string of the molecule is [2H]c1c([2H])c([2H])c2c(-c3cccc(-c4nc(Cl)nc(-c5cccc6c(-c7cccc8ccccc78)cccc56)n4)c3)c([2H])c([2H])c([2H])c2c1[2H]. The normalized spacial score (nSPS) is 13.7. The maximum atomic E-state index is 8.78. The van der Waals surface area contributed by atoms with Crippen molar-refractivity contribution in [1.82, 2.24) is 15.0 Å². The minimum atomic E-state index is -0.502. The third-order valence-corrected chi connectivity index (χ3v) is 7.74. The summed E-state index contributed by atoms with van der Waals surface area (Å²) in [4.78, 5) is 13.8. The first-order valence-electron chi connectivity index (χ1n) is 17.2. The number of benzene rings is 7. The van der Waals surface area contributed by atoms with Gasteiger partial charge >= 0.3 is 0 Å². The van der Waals surface area contributed by atoms with Crippen LogP contribution in [0.1, 0.15) is 9.60 Å². The molecule has 1 aromatic heterocycles. The van der Waals surface area contributed by atoms with Gasteiger partial charge in [-0.05, 0) is 72.2 Å². The molecule has 0 aliphatic heterocycles. The van der Waals surface area contributed by atoms with Gasteiger partial charge < -0.3 is 0 Å². The van der Waals surface area contributed by atoms with Crippen LogP contribution in [0.3, 0.4) is 0 Å². The van der Waals surface area contributed by atoms with Crippen LogP contribution >= 0.6 is 11.6 Å². The Bertz CT molecular complexity index is 2700. The summed E-state index contributed by atoms with van der Waals surface area (Å²) in [6, 6.07) is 30.5. The van der Waals surface area contributed by atoms with Crippen molar-refractivity contribution in [3.8, 4) is 45.0 Å². The van der Waals surface area contributed by atoms with Gasteiger partial charge in [-0.1, -0.05) is 139 Å². The molecule has 1 heterocycles. The lowest BCUT2D eigenvalue weighted by molar-refractivity contribution is 1.07. The van der Waals surface area contributed by atoms with Crippen LogP contribution in [-0.4, -0.2) is 15.0 Å². The Hall–Kier alpha value is -5.38. The van der Waals surface area contributed by atoms with Gasteiger partial charge in [-0.3, -0.25) is 0 Å². The van der Waals surface area contributed by atoms with Crippen molar-refractivity contribution in [1.29, 1.82) is 0 Å². The monoisotopic (exact) mass is 576 g/mol. The molecule has 8 rings (SSSR count). The van der Waals surface area contributed by atoms with E-state index in [0.717, 1.165) is 38.2 Å².